The Morgan fingerprint density at radius 1 is 0.821 bits per heavy atom. The summed E-state index contributed by atoms with van der Waals surface area (Å²) in [7, 11) is 0. The van der Waals surface area contributed by atoms with Gasteiger partial charge in [-0.05, 0) is 60.3 Å². The first kappa shape index (κ1) is 19.1. The van der Waals surface area contributed by atoms with Crippen molar-refractivity contribution in [2.45, 2.75) is 30.3 Å². The summed E-state index contributed by atoms with van der Waals surface area (Å²) in [6.07, 6.45) is 1.96. The fraction of sp³-hybridized carbons (Fsp3) is 0.250. The van der Waals surface area contributed by atoms with Gasteiger partial charge in [0, 0.05) is 12.6 Å². The summed E-state index contributed by atoms with van der Waals surface area (Å²) < 4.78 is 27.1. The molecular weight excluding hydrogens is 376 g/mol. The largest absolute Gasteiger partial charge is 0.294 e. The number of alkyl halides is 1. The monoisotopic (exact) mass is 397 g/mol. The molecule has 1 fully saturated rings. The van der Waals surface area contributed by atoms with E-state index < -0.39 is 4.87 Å². The van der Waals surface area contributed by atoms with E-state index in [1.807, 2.05) is 18.2 Å². The standard InChI is InChI=1S/C24H22ClF2N/c25-24(19-8-12-21(26)13-9-19,20-10-14-22(27)15-11-20)23-7-4-16-28(23)17-18-5-2-1-3-6-18/h1-3,5-6,8-15,23H,4,7,16-17H2/t23-/m0/s1. The molecule has 1 atom stereocenters. The van der Waals surface area contributed by atoms with E-state index in [9.17, 15) is 8.78 Å². The summed E-state index contributed by atoms with van der Waals surface area (Å²) in [6, 6.07) is 23.0. The minimum absolute atomic E-state index is 0.0188. The minimum atomic E-state index is -0.882. The fourth-order valence-corrected chi connectivity index (χ4v) is 4.72. The highest BCUT2D eigenvalue weighted by Gasteiger charge is 2.45. The van der Waals surface area contributed by atoms with Gasteiger partial charge in [0.05, 0.1) is 0 Å². The molecule has 0 N–H and O–H groups in total. The van der Waals surface area contributed by atoms with Crippen molar-refractivity contribution in [2.75, 3.05) is 6.54 Å². The molecule has 0 aliphatic carbocycles. The molecule has 3 aromatic carbocycles. The molecule has 28 heavy (non-hydrogen) atoms. The van der Waals surface area contributed by atoms with Crippen molar-refractivity contribution < 1.29 is 8.78 Å². The Bertz CT molecular complexity index is 864. The second-order valence-corrected chi connectivity index (χ2v) is 7.94. The molecular formula is C24H22ClF2N. The zero-order chi connectivity index (χ0) is 19.6. The smallest absolute Gasteiger partial charge is 0.123 e. The van der Waals surface area contributed by atoms with Crippen LogP contribution in [0.2, 0.25) is 0 Å². The van der Waals surface area contributed by atoms with Gasteiger partial charge in [-0.15, -0.1) is 11.6 Å². The van der Waals surface area contributed by atoms with E-state index in [1.54, 1.807) is 24.3 Å². The number of benzene rings is 3. The van der Waals surface area contributed by atoms with E-state index in [4.69, 9.17) is 11.6 Å². The summed E-state index contributed by atoms with van der Waals surface area (Å²) in [5.41, 5.74) is 2.88. The van der Waals surface area contributed by atoms with Crippen molar-refractivity contribution in [1.29, 1.82) is 0 Å². The third-order valence-electron chi connectivity index (χ3n) is 5.58. The van der Waals surface area contributed by atoms with E-state index >= 15 is 0 Å². The zero-order valence-corrected chi connectivity index (χ0v) is 16.2. The third kappa shape index (κ3) is 3.69. The van der Waals surface area contributed by atoms with Crippen LogP contribution < -0.4 is 0 Å². The first-order valence-corrected chi connectivity index (χ1v) is 9.94. The second-order valence-electron chi connectivity index (χ2n) is 7.34. The summed E-state index contributed by atoms with van der Waals surface area (Å²) >= 11 is 7.38. The Morgan fingerprint density at radius 3 is 1.89 bits per heavy atom. The van der Waals surface area contributed by atoms with Gasteiger partial charge in [-0.2, -0.15) is 0 Å². The van der Waals surface area contributed by atoms with Crippen LogP contribution in [0.25, 0.3) is 0 Å². The Hall–Kier alpha value is -2.23. The average Bonchev–Trinajstić information content (AvgIpc) is 3.18. The lowest BCUT2D eigenvalue weighted by Crippen LogP contribution is -2.44. The van der Waals surface area contributed by atoms with Crippen LogP contribution in [-0.2, 0) is 11.4 Å². The Balaban J connectivity index is 1.76. The molecule has 1 saturated heterocycles. The van der Waals surface area contributed by atoms with Gasteiger partial charge in [0.2, 0.25) is 0 Å². The lowest BCUT2D eigenvalue weighted by Gasteiger charge is -2.39. The molecule has 1 nitrogen and oxygen atoms in total. The number of likely N-dealkylation sites (tertiary alicyclic amines) is 1. The topological polar surface area (TPSA) is 3.24 Å². The number of rotatable bonds is 5. The molecule has 4 rings (SSSR count). The minimum Gasteiger partial charge on any atom is -0.294 e. The van der Waals surface area contributed by atoms with Gasteiger partial charge in [0.1, 0.15) is 16.5 Å². The first-order chi connectivity index (χ1) is 13.6. The van der Waals surface area contributed by atoms with E-state index in [0.717, 1.165) is 37.1 Å². The normalized spacial score (nSPS) is 17.8. The van der Waals surface area contributed by atoms with Crippen molar-refractivity contribution in [3.8, 4) is 0 Å². The molecule has 0 saturated carbocycles. The van der Waals surface area contributed by atoms with Crippen molar-refractivity contribution in [2.24, 2.45) is 0 Å². The van der Waals surface area contributed by atoms with Crippen LogP contribution in [0.5, 0.6) is 0 Å². The predicted molar refractivity (Wildman–Crippen MR) is 109 cm³/mol. The molecule has 1 aliphatic rings. The molecule has 3 aromatic rings. The maximum Gasteiger partial charge on any atom is 0.123 e. The van der Waals surface area contributed by atoms with Crippen molar-refractivity contribution in [3.63, 3.8) is 0 Å². The van der Waals surface area contributed by atoms with Crippen molar-refractivity contribution in [3.05, 3.63) is 107 Å². The van der Waals surface area contributed by atoms with Crippen LogP contribution in [0, 0.1) is 11.6 Å². The lowest BCUT2D eigenvalue weighted by atomic mass is 9.82. The zero-order valence-electron chi connectivity index (χ0n) is 15.5. The summed E-state index contributed by atoms with van der Waals surface area (Å²) in [4.78, 5) is 1.50. The SMILES string of the molecule is Fc1ccc(C(Cl)(c2ccc(F)cc2)[C@@H]2CCCN2Cc2ccccc2)cc1. The highest BCUT2D eigenvalue weighted by molar-refractivity contribution is 6.26. The molecule has 144 valence electrons. The molecule has 0 aromatic heterocycles. The lowest BCUT2D eigenvalue weighted by molar-refractivity contribution is 0.212. The summed E-state index contributed by atoms with van der Waals surface area (Å²) in [5, 5.41) is 0. The molecule has 0 radical (unpaired) electrons. The van der Waals surface area contributed by atoms with Gasteiger partial charge in [-0.1, -0.05) is 54.6 Å². The van der Waals surface area contributed by atoms with Crippen LogP contribution in [0.1, 0.15) is 29.5 Å². The maximum absolute atomic E-state index is 13.6. The quantitative estimate of drug-likeness (QED) is 0.469. The first-order valence-electron chi connectivity index (χ1n) is 9.56. The summed E-state index contributed by atoms with van der Waals surface area (Å²) in [5.74, 6) is -0.594. The molecule has 1 heterocycles. The molecule has 0 amide bonds. The van der Waals surface area contributed by atoms with Crippen LogP contribution in [0.3, 0.4) is 0 Å². The molecule has 1 aliphatic heterocycles. The van der Waals surface area contributed by atoms with E-state index in [0.29, 0.717) is 0 Å². The second kappa shape index (κ2) is 8.02. The molecule has 0 unspecified atom stereocenters. The Morgan fingerprint density at radius 2 is 1.36 bits per heavy atom. The van der Waals surface area contributed by atoms with Gasteiger partial charge in [-0.3, -0.25) is 4.90 Å². The van der Waals surface area contributed by atoms with Crippen LogP contribution in [0.15, 0.2) is 78.9 Å². The number of nitrogens with zero attached hydrogens (tertiary/aromatic N) is 1. The maximum atomic E-state index is 13.6. The number of hydrogen-bond donors (Lipinski definition) is 0. The van der Waals surface area contributed by atoms with Crippen LogP contribution in [0.4, 0.5) is 8.78 Å². The van der Waals surface area contributed by atoms with Gasteiger partial charge in [-0.25, -0.2) is 8.78 Å². The predicted octanol–water partition coefficient (Wildman–Crippen LogP) is 6.11. The molecule has 0 bridgehead atoms. The van der Waals surface area contributed by atoms with Gasteiger partial charge in [0.25, 0.3) is 0 Å². The Labute approximate surface area is 169 Å². The van der Waals surface area contributed by atoms with Crippen LogP contribution >= 0.6 is 11.6 Å². The Kier molecular flexibility index (Phi) is 5.47. The van der Waals surface area contributed by atoms with E-state index in [1.165, 1.54) is 29.8 Å². The van der Waals surface area contributed by atoms with Gasteiger partial charge in [0.15, 0.2) is 0 Å². The highest BCUT2D eigenvalue weighted by atomic mass is 35.5. The average molecular weight is 398 g/mol. The van der Waals surface area contributed by atoms with Crippen LogP contribution in [-0.4, -0.2) is 17.5 Å². The number of halogens is 3. The molecule has 0 spiro atoms. The summed E-state index contributed by atoms with van der Waals surface area (Å²) in [6.45, 7) is 1.73. The van der Waals surface area contributed by atoms with Crippen molar-refractivity contribution in [1.82, 2.24) is 4.90 Å². The highest BCUT2D eigenvalue weighted by Crippen LogP contribution is 2.46. The third-order valence-corrected chi connectivity index (χ3v) is 6.27. The number of hydrogen-bond acceptors (Lipinski definition) is 1. The van der Waals surface area contributed by atoms with E-state index in [-0.39, 0.29) is 17.7 Å². The van der Waals surface area contributed by atoms with E-state index in [2.05, 4.69) is 17.0 Å². The van der Waals surface area contributed by atoms with Gasteiger partial charge < -0.3 is 0 Å². The van der Waals surface area contributed by atoms with Crippen molar-refractivity contribution >= 4 is 11.6 Å². The fourth-order valence-electron chi connectivity index (χ4n) is 4.22. The molecule has 4 heteroatoms. The van der Waals surface area contributed by atoms with Gasteiger partial charge >= 0.3 is 0 Å².